The van der Waals surface area contributed by atoms with Gasteiger partial charge in [-0.1, -0.05) is 0 Å². The Hall–Kier alpha value is -0.940. The summed E-state index contributed by atoms with van der Waals surface area (Å²) in [5, 5.41) is 17.5. The summed E-state index contributed by atoms with van der Waals surface area (Å²) in [5.41, 5.74) is 0. The van der Waals surface area contributed by atoms with E-state index < -0.39 is 12.3 Å². The lowest BCUT2D eigenvalue weighted by atomic mass is 10.3. The predicted molar refractivity (Wildman–Crippen MR) is 38.8 cm³/mol. The maximum Gasteiger partial charge on any atom is 0.230 e. The first kappa shape index (κ1) is 9.15. The Kier molecular flexibility index (Phi) is 2.44. The first-order chi connectivity index (χ1) is 5.54. The van der Waals surface area contributed by atoms with Crippen LogP contribution in [0.4, 0.5) is 0 Å². The molecule has 0 radical (unpaired) electrons. The number of carbonyl (C=O) groups excluding carboxylic acids is 2. The van der Waals surface area contributed by atoms with Crippen LogP contribution in [0.3, 0.4) is 0 Å². The van der Waals surface area contributed by atoms with Gasteiger partial charge in [0.25, 0.3) is 0 Å². The van der Waals surface area contributed by atoms with Gasteiger partial charge < -0.3 is 10.2 Å². The van der Waals surface area contributed by atoms with Gasteiger partial charge in [-0.2, -0.15) is 0 Å². The molecule has 1 fully saturated rings. The normalized spacial score (nSPS) is 20.8. The summed E-state index contributed by atoms with van der Waals surface area (Å²) in [6.45, 7) is 1.42. The van der Waals surface area contributed by atoms with Crippen molar-refractivity contribution in [1.29, 1.82) is 0 Å². The van der Waals surface area contributed by atoms with E-state index >= 15 is 0 Å². The zero-order valence-electron chi connectivity index (χ0n) is 6.73. The molecule has 68 valence electrons. The van der Waals surface area contributed by atoms with Crippen LogP contribution >= 0.6 is 0 Å². The van der Waals surface area contributed by atoms with Gasteiger partial charge in [0.05, 0.1) is 6.04 Å². The van der Waals surface area contributed by atoms with Gasteiger partial charge in [-0.15, -0.1) is 0 Å². The lowest BCUT2D eigenvalue weighted by Gasteiger charge is -2.23. The first-order valence-corrected chi connectivity index (χ1v) is 3.75. The zero-order valence-corrected chi connectivity index (χ0v) is 6.73. The molecule has 0 aromatic heterocycles. The smallest absolute Gasteiger partial charge is 0.230 e. The number of aliphatic hydroxyl groups is 2. The molecule has 0 aromatic rings. The fourth-order valence-corrected chi connectivity index (χ4v) is 1.18. The number of carbonyl (C=O) groups is 2. The second-order valence-electron chi connectivity index (χ2n) is 2.81. The van der Waals surface area contributed by atoms with Gasteiger partial charge in [0, 0.05) is 12.8 Å². The van der Waals surface area contributed by atoms with Crippen LogP contribution in [0.2, 0.25) is 0 Å². The summed E-state index contributed by atoms with van der Waals surface area (Å²) in [6, 6.07) is -0.840. The van der Waals surface area contributed by atoms with E-state index in [1.807, 2.05) is 0 Å². The molecule has 0 spiro atoms. The Labute approximate surface area is 69.6 Å². The van der Waals surface area contributed by atoms with Crippen molar-refractivity contribution < 1.29 is 19.8 Å². The highest BCUT2D eigenvalue weighted by molar-refractivity contribution is 6.02. The van der Waals surface area contributed by atoms with Crippen molar-refractivity contribution in [2.75, 3.05) is 0 Å². The third-order valence-electron chi connectivity index (χ3n) is 1.93. The van der Waals surface area contributed by atoms with Crippen LogP contribution < -0.4 is 0 Å². The number of likely N-dealkylation sites (tertiary alicyclic amines) is 1. The highest BCUT2D eigenvalue weighted by atomic mass is 16.5. The molecule has 1 saturated heterocycles. The van der Waals surface area contributed by atoms with Crippen molar-refractivity contribution in [3.8, 4) is 0 Å². The molecule has 0 bridgehead atoms. The van der Waals surface area contributed by atoms with E-state index in [1.54, 1.807) is 0 Å². The van der Waals surface area contributed by atoms with Gasteiger partial charge in [-0.05, 0) is 6.92 Å². The third kappa shape index (κ3) is 1.46. The average molecular weight is 173 g/mol. The number of imide groups is 1. The molecule has 0 aromatic carbocycles. The Morgan fingerprint density at radius 3 is 2.00 bits per heavy atom. The Bertz CT molecular complexity index is 197. The Morgan fingerprint density at radius 1 is 1.25 bits per heavy atom. The molecule has 1 aliphatic heterocycles. The van der Waals surface area contributed by atoms with Crippen LogP contribution in [0.25, 0.3) is 0 Å². The molecule has 2 amide bonds. The summed E-state index contributed by atoms with van der Waals surface area (Å²) in [5.74, 6) is -0.666. The van der Waals surface area contributed by atoms with Crippen molar-refractivity contribution in [2.45, 2.75) is 32.1 Å². The van der Waals surface area contributed by atoms with Crippen LogP contribution in [0.5, 0.6) is 0 Å². The number of hydrogen-bond acceptors (Lipinski definition) is 4. The second-order valence-corrected chi connectivity index (χ2v) is 2.81. The number of aliphatic hydroxyl groups excluding tert-OH is 1. The lowest BCUT2D eigenvalue weighted by Crippen LogP contribution is -2.44. The van der Waals surface area contributed by atoms with E-state index in [2.05, 4.69) is 0 Å². The maximum absolute atomic E-state index is 11.0. The fourth-order valence-electron chi connectivity index (χ4n) is 1.18. The summed E-state index contributed by atoms with van der Waals surface area (Å²) in [7, 11) is 0. The van der Waals surface area contributed by atoms with Gasteiger partial charge >= 0.3 is 0 Å². The first-order valence-electron chi connectivity index (χ1n) is 3.75. The minimum atomic E-state index is -1.66. The van der Waals surface area contributed by atoms with Gasteiger partial charge in [-0.3, -0.25) is 14.5 Å². The highest BCUT2D eigenvalue weighted by Crippen LogP contribution is 2.16. The largest absolute Gasteiger partial charge is 0.366 e. The van der Waals surface area contributed by atoms with E-state index in [-0.39, 0.29) is 24.7 Å². The van der Waals surface area contributed by atoms with Crippen LogP contribution in [0.1, 0.15) is 19.8 Å². The Balaban J connectivity index is 2.72. The number of amides is 2. The molecular weight excluding hydrogens is 162 g/mol. The summed E-state index contributed by atoms with van der Waals surface area (Å²) < 4.78 is 0. The van der Waals surface area contributed by atoms with Crippen molar-refractivity contribution in [2.24, 2.45) is 0 Å². The molecule has 2 N–H and O–H groups in total. The van der Waals surface area contributed by atoms with E-state index in [9.17, 15) is 9.59 Å². The van der Waals surface area contributed by atoms with Crippen LogP contribution in [-0.4, -0.2) is 39.3 Å². The Morgan fingerprint density at radius 2 is 1.67 bits per heavy atom. The SMILES string of the molecule is CC(C(O)O)N1C(=O)CCC1=O. The number of rotatable bonds is 2. The molecule has 1 unspecified atom stereocenters. The molecule has 5 heteroatoms. The van der Waals surface area contributed by atoms with Crippen molar-refractivity contribution in [1.82, 2.24) is 4.90 Å². The van der Waals surface area contributed by atoms with Crippen LogP contribution in [-0.2, 0) is 9.59 Å². The lowest BCUT2D eigenvalue weighted by molar-refractivity contribution is -0.153. The predicted octanol–water partition coefficient (Wildman–Crippen LogP) is -1.17. The zero-order chi connectivity index (χ0) is 9.30. The third-order valence-corrected chi connectivity index (χ3v) is 1.93. The number of hydrogen-bond donors (Lipinski definition) is 2. The number of nitrogens with zero attached hydrogens (tertiary/aromatic N) is 1. The van der Waals surface area contributed by atoms with Gasteiger partial charge in [0.2, 0.25) is 11.8 Å². The van der Waals surface area contributed by atoms with E-state index in [0.717, 1.165) is 4.90 Å². The highest BCUT2D eigenvalue weighted by Gasteiger charge is 2.35. The quantitative estimate of drug-likeness (QED) is 0.407. The molecule has 1 rings (SSSR count). The monoisotopic (exact) mass is 173 g/mol. The molecule has 5 nitrogen and oxygen atoms in total. The van der Waals surface area contributed by atoms with Crippen LogP contribution in [0.15, 0.2) is 0 Å². The molecule has 0 saturated carbocycles. The van der Waals surface area contributed by atoms with E-state index in [4.69, 9.17) is 10.2 Å². The molecule has 1 atom stereocenters. The standard InChI is InChI=1S/C7H11NO4/c1-4(7(11)12)8-5(9)2-3-6(8)10/h4,7,11-12H,2-3H2,1H3. The van der Waals surface area contributed by atoms with Gasteiger partial charge in [0.15, 0.2) is 6.29 Å². The van der Waals surface area contributed by atoms with Crippen LogP contribution in [0, 0.1) is 0 Å². The maximum atomic E-state index is 11.0. The summed E-state index contributed by atoms with van der Waals surface area (Å²) in [4.78, 5) is 22.9. The molecule has 1 heterocycles. The van der Waals surface area contributed by atoms with Gasteiger partial charge in [-0.25, -0.2) is 0 Å². The average Bonchev–Trinajstić information content (AvgIpc) is 2.30. The molecular formula is C7H11NO4. The minimum absolute atomic E-state index is 0.176. The molecule has 12 heavy (non-hydrogen) atoms. The summed E-state index contributed by atoms with van der Waals surface area (Å²) in [6.07, 6.45) is -1.30. The fraction of sp³-hybridized carbons (Fsp3) is 0.714. The topological polar surface area (TPSA) is 77.8 Å². The molecule has 0 aliphatic carbocycles. The summed E-state index contributed by atoms with van der Waals surface area (Å²) >= 11 is 0. The van der Waals surface area contributed by atoms with Crippen molar-refractivity contribution in [3.63, 3.8) is 0 Å². The van der Waals surface area contributed by atoms with Crippen molar-refractivity contribution >= 4 is 11.8 Å². The van der Waals surface area contributed by atoms with Crippen molar-refractivity contribution in [3.05, 3.63) is 0 Å². The van der Waals surface area contributed by atoms with E-state index in [1.165, 1.54) is 6.92 Å². The van der Waals surface area contributed by atoms with E-state index in [0.29, 0.717) is 0 Å². The minimum Gasteiger partial charge on any atom is -0.366 e. The van der Waals surface area contributed by atoms with Gasteiger partial charge in [0.1, 0.15) is 0 Å². The molecule has 1 aliphatic rings. The second kappa shape index (κ2) is 3.20.